The van der Waals surface area contributed by atoms with Gasteiger partial charge in [0.1, 0.15) is 17.3 Å². The van der Waals surface area contributed by atoms with Gasteiger partial charge in [-0.1, -0.05) is 24.6 Å². The summed E-state index contributed by atoms with van der Waals surface area (Å²) in [6.07, 6.45) is 3.41. The second-order valence-corrected chi connectivity index (χ2v) is 5.99. The monoisotopic (exact) mass is 269 g/mol. The van der Waals surface area contributed by atoms with Crippen molar-refractivity contribution in [2.75, 3.05) is 5.73 Å². The van der Waals surface area contributed by atoms with Crippen molar-refractivity contribution >= 4 is 5.82 Å². The van der Waals surface area contributed by atoms with E-state index in [0.717, 1.165) is 23.8 Å². The van der Waals surface area contributed by atoms with Crippen LogP contribution in [-0.4, -0.2) is 9.55 Å². The zero-order valence-electron chi connectivity index (χ0n) is 12.8. The van der Waals surface area contributed by atoms with Crippen LogP contribution < -0.4 is 5.73 Å². The molecule has 1 heterocycles. The van der Waals surface area contributed by atoms with E-state index in [2.05, 4.69) is 44.4 Å². The van der Waals surface area contributed by atoms with Crippen LogP contribution in [0.25, 0.3) is 11.3 Å². The molecule has 106 valence electrons. The van der Waals surface area contributed by atoms with Crippen molar-refractivity contribution in [2.24, 2.45) is 0 Å². The fraction of sp³-hybridized carbons (Fsp3) is 0.471. The molecule has 0 aliphatic heterocycles. The summed E-state index contributed by atoms with van der Waals surface area (Å²) in [5.41, 5.74) is 12.4. The number of aryl methyl sites for hydroxylation is 4. The lowest BCUT2D eigenvalue weighted by Crippen LogP contribution is -2.04. The highest BCUT2D eigenvalue weighted by atomic mass is 15.2. The van der Waals surface area contributed by atoms with Crippen molar-refractivity contribution in [3.63, 3.8) is 0 Å². The van der Waals surface area contributed by atoms with E-state index in [0.29, 0.717) is 6.04 Å². The highest BCUT2D eigenvalue weighted by Gasteiger charge is 2.30. The normalized spacial score (nSPS) is 14.8. The van der Waals surface area contributed by atoms with Crippen LogP contribution in [0.5, 0.6) is 0 Å². The van der Waals surface area contributed by atoms with Crippen LogP contribution in [-0.2, 0) is 6.42 Å². The van der Waals surface area contributed by atoms with Crippen molar-refractivity contribution < 1.29 is 0 Å². The van der Waals surface area contributed by atoms with Crippen molar-refractivity contribution in [1.82, 2.24) is 9.55 Å². The zero-order chi connectivity index (χ0) is 14.4. The van der Waals surface area contributed by atoms with E-state index in [-0.39, 0.29) is 0 Å². The Balaban J connectivity index is 2.20. The molecule has 20 heavy (non-hydrogen) atoms. The number of hydrogen-bond donors (Lipinski definition) is 1. The average Bonchev–Trinajstić information content (AvgIpc) is 3.14. The summed E-state index contributed by atoms with van der Waals surface area (Å²) in [5.74, 6) is 1.97. The molecule has 1 fully saturated rings. The lowest BCUT2D eigenvalue weighted by atomic mass is 9.97. The summed E-state index contributed by atoms with van der Waals surface area (Å²) in [7, 11) is 0. The average molecular weight is 269 g/mol. The van der Waals surface area contributed by atoms with E-state index in [1.807, 2.05) is 0 Å². The number of imidazole rings is 1. The molecule has 1 aromatic carbocycles. The second-order valence-electron chi connectivity index (χ2n) is 5.99. The summed E-state index contributed by atoms with van der Waals surface area (Å²) >= 11 is 0. The Morgan fingerprint density at radius 2 is 1.80 bits per heavy atom. The third kappa shape index (κ3) is 2.01. The van der Waals surface area contributed by atoms with Gasteiger partial charge >= 0.3 is 0 Å². The van der Waals surface area contributed by atoms with E-state index in [1.165, 1.54) is 35.1 Å². The van der Waals surface area contributed by atoms with Gasteiger partial charge in [-0.25, -0.2) is 4.98 Å². The number of hydrogen-bond acceptors (Lipinski definition) is 2. The Kier molecular flexibility index (Phi) is 3.08. The Bertz CT molecular complexity index is 640. The molecule has 0 bridgehead atoms. The highest BCUT2D eigenvalue weighted by Crippen LogP contribution is 2.42. The van der Waals surface area contributed by atoms with Crippen LogP contribution >= 0.6 is 0 Å². The molecule has 1 saturated carbocycles. The van der Waals surface area contributed by atoms with E-state index < -0.39 is 0 Å². The molecular weight excluding hydrogens is 246 g/mol. The second kappa shape index (κ2) is 4.65. The predicted molar refractivity (Wildman–Crippen MR) is 83.9 cm³/mol. The maximum atomic E-state index is 6.43. The van der Waals surface area contributed by atoms with Gasteiger partial charge in [-0.3, -0.25) is 0 Å². The van der Waals surface area contributed by atoms with E-state index >= 15 is 0 Å². The quantitative estimate of drug-likeness (QED) is 0.916. The zero-order valence-corrected chi connectivity index (χ0v) is 12.8. The van der Waals surface area contributed by atoms with E-state index in [4.69, 9.17) is 10.7 Å². The first-order valence-corrected chi connectivity index (χ1v) is 7.47. The Hall–Kier alpha value is -1.77. The van der Waals surface area contributed by atoms with Gasteiger partial charge in [-0.2, -0.15) is 0 Å². The summed E-state index contributed by atoms with van der Waals surface area (Å²) in [6.45, 7) is 8.58. The molecule has 2 N–H and O–H groups in total. The molecule has 3 nitrogen and oxygen atoms in total. The molecule has 0 spiro atoms. The highest BCUT2D eigenvalue weighted by molar-refractivity contribution is 5.77. The van der Waals surface area contributed by atoms with Gasteiger partial charge in [0, 0.05) is 18.0 Å². The molecule has 0 saturated heterocycles. The molecule has 3 rings (SSSR count). The molecule has 0 amide bonds. The maximum absolute atomic E-state index is 6.43. The Morgan fingerprint density at radius 1 is 1.20 bits per heavy atom. The SMILES string of the molecule is CCc1nc(-c2c(C)cc(C)cc2C)c(N)n1C1CC1. The number of nitrogen functional groups attached to an aromatic ring is 1. The van der Waals surface area contributed by atoms with Crippen molar-refractivity contribution in [1.29, 1.82) is 0 Å². The number of benzene rings is 1. The fourth-order valence-corrected chi connectivity index (χ4v) is 3.22. The van der Waals surface area contributed by atoms with Crippen LogP contribution in [0.1, 0.15) is 48.3 Å². The molecule has 1 aliphatic rings. The Morgan fingerprint density at radius 3 is 2.30 bits per heavy atom. The fourth-order valence-electron chi connectivity index (χ4n) is 3.22. The first-order chi connectivity index (χ1) is 9.52. The number of anilines is 1. The largest absolute Gasteiger partial charge is 0.383 e. The first kappa shape index (κ1) is 13.2. The van der Waals surface area contributed by atoms with Gasteiger partial charge in [0.2, 0.25) is 0 Å². The van der Waals surface area contributed by atoms with Crippen LogP contribution in [0.4, 0.5) is 5.82 Å². The first-order valence-electron chi connectivity index (χ1n) is 7.47. The molecule has 0 atom stereocenters. The molecule has 0 unspecified atom stereocenters. The molecule has 1 aliphatic carbocycles. The lowest BCUT2D eigenvalue weighted by Gasteiger charge is -2.11. The smallest absolute Gasteiger partial charge is 0.132 e. The van der Waals surface area contributed by atoms with Gasteiger partial charge in [0.15, 0.2) is 0 Å². The lowest BCUT2D eigenvalue weighted by molar-refractivity contribution is 0.696. The standard InChI is InChI=1S/C17H23N3/c1-5-14-19-16(17(18)20(14)13-6-7-13)15-11(3)8-10(2)9-12(15)4/h8-9,13H,5-7,18H2,1-4H3. The van der Waals surface area contributed by atoms with Gasteiger partial charge in [-0.15, -0.1) is 0 Å². The minimum absolute atomic E-state index is 0.581. The number of rotatable bonds is 3. The number of aromatic nitrogens is 2. The van der Waals surface area contributed by atoms with E-state index in [9.17, 15) is 0 Å². The number of nitrogens with zero attached hydrogens (tertiary/aromatic N) is 2. The summed E-state index contributed by atoms with van der Waals surface area (Å²) in [5, 5.41) is 0. The van der Waals surface area contributed by atoms with Gasteiger partial charge in [-0.05, 0) is 44.7 Å². The summed E-state index contributed by atoms with van der Waals surface area (Å²) in [6, 6.07) is 5.00. The Labute approximate surface area is 120 Å². The van der Waals surface area contributed by atoms with Crippen molar-refractivity contribution in [3.05, 3.63) is 34.6 Å². The van der Waals surface area contributed by atoms with Crippen LogP contribution in [0.15, 0.2) is 12.1 Å². The van der Waals surface area contributed by atoms with Gasteiger partial charge in [0.05, 0.1) is 0 Å². The molecule has 2 aromatic rings. The van der Waals surface area contributed by atoms with Crippen molar-refractivity contribution in [2.45, 2.75) is 53.0 Å². The predicted octanol–water partition coefficient (Wildman–Crippen LogP) is 3.95. The minimum atomic E-state index is 0.581. The molecule has 1 aromatic heterocycles. The molecule has 0 radical (unpaired) electrons. The van der Waals surface area contributed by atoms with Crippen LogP contribution in [0.2, 0.25) is 0 Å². The number of nitrogens with two attached hydrogens (primary N) is 1. The molecule has 3 heteroatoms. The third-order valence-corrected chi connectivity index (χ3v) is 4.16. The summed E-state index contributed by atoms with van der Waals surface area (Å²) < 4.78 is 2.26. The topological polar surface area (TPSA) is 43.8 Å². The summed E-state index contributed by atoms with van der Waals surface area (Å²) in [4.78, 5) is 4.85. The molecular formula is C17H23N3. The van der Waals surface area contributed by atoms with E-state index in [1.54, 1.807) is 0 Å². The van der Waals surface area contributed by atoms with Crippen LogP contribution in [0.3, 0.4) is 0 Å². The van der Waals surface area contributed by atoms with Crippen LogP contribution in [0, 0.1) is 20.8 Å². The minimum Gasteiger partial charge on any atom is -0.383 e. The van der Waals surface area contributed by atoms with Gasteiger partial charge in [0.25, 0.3) is 0 Å². The third-order valence-electron chi connectivity index (χ3n) is 4.16. The van der Waals surface area contributed by atoms with Gasteiger partial charge < -0.3 is 10.3 Å². The van der Waals surface area contributed by atoms with Crippen molar-refractivity contribution in [3.8, 4) is 11.3 Å². The maximum Gasteiger partial charge on any atom is 0.132 e.